The van der Waals surface area contributed by atoms with Gasteiger partial charge in [-0.05, 0) is 5.92 Å². The molecule has 1 aromatic heterocycles. The molecule has 17 heavy (non-hydrogen) atoms. The maximum Gasteiger partial charge on any atom is 0.238 e. The van der Waals surface area contributed by atoms with Crippen LogP contribution in [0.5, 0.6) is 0 Å². The second-order valence-electron chi connectivity index (χ2n) is 4.14. The molecule has 1 N–H and O–H groups in total. The van der Waals surface area contributed by atoms with Crippen LogP contribution in [0.1, 0.15) is 32.4 Å². The van der Waals surface area contributed by atoms with Crippen LogP contribution in [0, 0.1) is 23.2 Å². The standard InChI is InChI=1S/C12H17N3O2/c1-4-9-6-14-11(17-9)7-15-12(16)10(5-13)8(2)3/h6,8,10H,4,7H2,1-3H3,(H,15,16). The summed E-state index contributed by atoms with van der Waals surface area (Å²) in [6, 6.07) is 1.99. The summed E-state index contributed by atoms with van der Waals surface area (Å²) >= 11 is 0. The van der Waals surface area contributed by atoms with Gasteiger partial charge in [0, 0.05) is 6.42 Å². The summed E-state index contributed by atoms with van der Waals surface area (Å²) in [7, 11) is 0. The van der Waals surface area contributed by atoms with Crippen LogP contribution in [-0.2, 0) is 17.8 Å². The summed E-state index contributed by atoms with van der Waals surface area (Å²) in [6.45, 7) is 5.87. The van der Waals surface area contributed by atoms with E-state index in [9.17, 15) is 4.79 Å². The number of hydrogen-bond acceptors (Lipinski definition) is 4. The van der Waals surface area contributed by atoms with Crippen molar-refractivity contribution in [1.29, 1.82) is 5.26 Å². The molecule has 0 aliphatic rings. The van der Waals surface area contributed by atoms with Crippen molar-refractivity contribution in [3.63, 3.8) is 0 Å². The quantitative estimate of drug-likeness (QED) is 0.841. The van der Waals surface area contributed by atoms with E-state index in [1.165, 1.54) is 0 Å². The Morgan fingerprint density at radius 2 is 2.35 bits per heavy atom. The van der Waals surface area contributed by atoms with Gasteiger partial charge in [0.2, 0.25) is 11.8 Å². The van der Waals surface area contributed by atoms with E-state index in [2.05, 4.69) is 10.3 Å². The first-order valence-corrected chi connectivity index (χ1v) is 5.69. The third-order valence-electron chi connectivity index (χ3n) is 2.45. The number of rotatable bonds is 5. The molecule has 0 spiro atoms. The van der Waals surface area contributed by atoms with Gasteiger partial charge in [0.05, 0.1) is 18.8 Å². The molecule has 1 aromatic rings. The van der Waals surface area contributed by atoms with Gasteiger partial charge in [-0.2, -0.15) is 5.26 Å². The lowest BCUT2D eigenvalue weighted by Crippen LogP contribution is -2.32. The number of nitriles is 1. The van der Waals surface area contributed by atoms with Crippen molar-refractivity contribution in [2.24, 2.45) is 11.8 Å². The molecular weight excluding hydrogens is 218 g/mol. The van der Waals surface area contributed by atoms with Gasteiger partial charge < -0.3 is 9.73 Å². The van der Waals surface area contributed by atoms with E-state index in [-0.39, 0.29) is 18.4 Å². The van der Waals surface area contributed by atoms with Crippen molar-refractivity contribution in [3.05, 3.63) is 17.8 Å². The largest absolute Gasteiger partial charge is 0.444 e. The molecule has 92 valence electrons. The Morgan fingerprint density at radius 1 is 1.65 bits per heavy atom. The monoisotopic (exact) mass is 235 g/mol. The number of nitrogens with one attached hydrogen (secondary N) is 1. The van der Waals surface area contributed by atoms with E-state index >= 15 is 0 Å². The number of nitrogens with zero attached hydrogens (tertiary/aromatic N) is 2. The van der Waals surface area contributed by atoms with Gasteiger partial charge in [0.25, 0.3) is 0 Å². The minimum absolute atomic E-state index is 0.00392. The highest BCUT2D eigenvalue weighted by Crippen LogP contribution is 2.10. The summed E-state index contributed by atoms with van der Waals surface area (Å²) < 4.78 is 5.35. The second-order valence-corrected chi connectivity index (χ2v) is 4.14. The second kappa shape index (κ2) is 6.04. The van der Waals surface area contributed by atoms with Gasteiger partial charge in [0.1, 0.15) is 11.7 Å². The number of aromatic nitrogens is 1. The highest BCUT2D eigenvalue weighted by molar-refractivity contribution is 5.81. The van der Waals surface area contributed by atoms with Crippen LogP contribution in [0.2, 0.25) is 0 Å². The molecule has 0 aromatic carbocycles. The van der Waals surface area contributed by atoms with Gasteiger partial charge in [-0.25, -0.2) is 4.98 Å². The predicted octanol–water partition coefficient (Wildman–Crippen LogP) is 1.65. The molecule has 5 heteroatoms. The molecule has 0 saturated heterocycles. The van der Waals surface area contributed by atoms with Crippen LogP contribution < -0.4 is 5.32 Å². The number of oxazole rings is 1. The lowest BCUT2D eigenvalue weighted by molar-refractivity contribution is -0.124. The first-order chi connectivity index (χ1) is 8.08. The van der Waals surface area contributed by atoms with Crippen molar-refractivity contribution in [2.75, 3.05) is 0 Å². The van der Waals surface area contributed by atoms with E-state index in [0.717, 1.165) is 12.2 Å². The van der Waals surface area contributed by atoms with Crippen LogP contribution in [0.3, 0.4) is 0 Å². The molecule has 0 aliphatic carbocycles. The van der Waals surface area contributed by atoms with Crippen LogP contribution in [-0.4, -0.2) is 10.9 Å². The van der Waals surface area contributed by atoms with Crippen LogP contribution in [0.4, 0.5) is 0 Å². The Kier molecular flexibility index (Phi) is 4.70. The molecular formula is C12H17N3O2. The molecule has 1 rings (SSSR count). The van der Waals surface area contributed by atoms with Crippen molar-refractivity contribution >= 4 is 5.91 Å². The van der Waals surface area contributed by atoms with Crippen molar-refractivity contribution in [1.82, 2.24) is 10.3 Å². The summed E-state index contributed by atoms with van der Waals surface area (Å²) in [5.74, 6) is 0.343. The molecule has 0 fully saturated rings. The molecule has 1 atom stereocenters. The minimum Gasteiger partial charge on any atom is -0.444 e. The predicted molar refractivity (Wildman–Crippen MR) is 61.7 cm³/mol. The summed E-state index contributed by atoms with van der Waals surface area (Å²) in [6.07, 6.45) is 2.42. The van der Waals surface area contributed by atoms with Crippen molar-refractivity contribution in [3.8, 4) is 6.07 Å². The van der Waals surface area contributed by atoms with E-state index in [1.807, 2.05) is 26.8 Å². The molecule has 0 bridgehead atoms. The minimum atomic E-state index is -0.629. The maximum absolute atomic E-state index is 11.7. The highest BCUT2D eigenvalue weighted by atomic mass is 16.4. The molecule has 0 saturated carbocycles. The number of carbonyl (C=O) groups is 1. The third-order valence-corrected chi connectivity index (χ3v) is 2.45. The number of aryl methyl sites for hydroxylation is 1. The fourth-order valence-corrected chi connectivity index (χ4v) is 1.38. The average molecular weight is 235 g/mol. The number of carbonyl (C=O) groups excluding carboxylic acids is 1. The molecule has 5 nitrogen and oxygen atoms in total. The Balaban J connectivity index is 2.50. The summed E-state index contributed by atoms with van der Waals surface area (Å²) in [5.41, 5.74) is 0. The SMILES string of the molecule is CCc1cnc(CNC(=O)C(C#N)C(C)C)o1. The normalized spacial score (nSPS) is 12.2. The number of hydrogen-bond donors (Lipinski definition) is 1. The fourth-order valence-electron chi connectivity index (χ4n) is 1.38. The maximum atomic E-state index is 11.7. The summed E-state index contributed by atoms with van der Waals surface area (Å²) in [4.78, 5) is 15.7. The van der Waals surface area contributed by atoms with E-state index in [4.69, 9.17) is 9.68 Å². The van der Waals surface area contributed by atoms with Crippen molar-refractivity contribution in [2.45, 2.75) is 33.7 Å². The average Bonchev–Trinajstić information content (AvgIpc) is 2.74. The van der Waals surface area contributed by atoms with E-state index in [0.29, 0.717) is 5.89 Å². The highest BCUT2D eigenvalue weighted by Gasteiger charge is 2.21. The van der Waals surface area contributed by atoms with E-state index in [1.54, 1.807) is 6.20 Å². The first-order valence-electron chi connectivity index (χ1n) is 5.69. The molecule has 1 unspecified atom stereocenters. The van der Waals surface area contributed by atoms with Crippen LogP contribution in [0.25, 0.3) is 0 Å². The zero-order valence-corrected chi connectivity index (χ0v) is 10.4. The van der Waals surface area contributed by atoms with Gasteiger partial charge in [0.15, 0.2) is 0 Å². The molecule has 0 radical (unpaired) electrons. The van der Waals surface area contributed by atoms with Crippen molar-refractivity contribution < 1.29 is 9.21 Å². The molecule has 1 heterocycles. The zero-order chi connectivity index (χ0) is 12.8. The van der Waals surface area contributed by atoms with Gasteiger partial charge in [-0.1, -0.05) is 20.8 Å². The zero-order valence-electron chi connectivity index (χ0n) is 10.4. The Hall–Kier alpha value is -1.83. The number of amides is 1. The molecule has 0 aliphatic heterocycles. The van der Waals surface area contributed by atoms with Gasteiger partial charge >= 0.3 is 0 Å². The Labute approximate surface area is 101 Å². The smallest absolute Gasteiger partial charge is 0.238 e. The van der Waals surface area contributed by atoms with E-state index < -0.39 is 5.92 Å². The summed E-state index contributed by atoms with van der Waals surface area (Å²) in [5, 5.41) is 11.5. The van der Waals surface area contributed by atoms with Gasteiger partial charge in [-0.15, -0.1) is 0 Å². The van der Waals surface area contributed by atoms with Crippen LogP contribution >= 0.6 is 0 Å². The third kappa shape index (κ3) is 3.59. The first kappa shape index (κ1) is 13.2. The van der Waals surface area contributed by atoms with Crippen LogP contribution in [0.15, 0.2) is 10.6 Å². The topological polar surface area (TPSA) is 78.9 Å². The lowest BCUT2D eigenvalue weighted by atomic mass is 9.97. The Morgan fingerprint density at radius 3 is 2.82 bits per heavy atom. The Bertz CT molecular complexity index is 418. The fraction of sp³-hybridized carbons (Fsp3) is 0.583. The molecule has 1 amide bonds. The lowest BCUT2D eigenvalue weighted by Gasteiger charge is -2.11. The van der Waals surface area contributed by atoms with Gasteiger partial charge in [-0.3, -0.25) is 4.79 Å².